The van der Waals surface area contributed by atoms with Gasteiger partial charge in [0.25, 0.3) is 5.91 Å². The molecule has 3 amide bonds. The minimum Gasteiger partial charge on any atom is -0.465 e. The van der Waals surface area contributed by atoms with Crippen LogP contribution in [-0.2, 0) is 15.1 Å². The highest BCUT2D eigenvalue weighted by Crippen LogP contribution is 2.56. The van der Waals surface area contributed by atoms with Crippen molar-refractivity contribution < 1.29 is 23.9 Å². The van der Waals surface area contributed by atoms with E-state index in [4.69, 9.17) is 28.2 Å². The predicted octanol–water partition coefficient (Wildman–Crippen LogP) is 6.68. The van der Waals surface area contributed by atoms with Crippen LogP contribution < -0.4 is 5.32 Å². The number of fused-ring (bicyclic) bond motifs is 1. The maximum atomic E-state index is 14.6. The van der Waals surface area contributed by atoms with Crippen molar-refractivity contribution in [1.29, 1.82) is 0 Å². The standard InChI is InChI=1S/C34H38Cl2FN5O4S/c1-18(2)27-28(31(44)41-19(3)5-14-26(41)30(43)40-16-21(15-37)25(17-40)38-33(45)46)47-32-39-34(4,22-8-12-24(36)13-9-22)29(42(27)32)20-6-10-23(35)11-7-20/h6-13,18-19,21,25-26,29,38H,5,14-17H2,1-4H3,(H,45,46)/t19-,21-,25+,26-,29-,34+/m1/s1. The number of nitrogens with zero attached hydrogens (tertiary/aromatic N) is 4. The molecule has 13 heteroatoms. The van der Waals surface area contributed by atoms with E-state index in [1.807, 2.05) is 55.5 Å². The Morgan fingerprint density at radius 3 is 2.30 bits per heavy atom. The first-order valence-corrected chi connectivity index (χ1v) is 17.4. The number of allylic oxidation sites excluding steroid dienone is 1. The summed E-state index contributed by atoms with van der Waals surface area (Å²) in [5.74, 6) is -1.21. The van der Waals surface area contributed by atoms with Crippen molar-refractivity contribution >= 4 is 58.0 Å². The van der Waals surface area contributed by atoms with Crippen LogP contribution in [0.15, 0.2) is 64.1 Å². The summed E-state index contributed by atoms with van der Waals surface area (Å²) < 4.78 is 13.8. The maximum Gasteiger partial charge on any atom is 0.404 e. The topological polar surface area (TPSA) is 106 Å². The van der Waals surface area contributed by atoms with Crippen molar-refractivity contribution in [3.63, 3.8) is 0 Å². The first-order valence-electron chi connectivity index (χ1n) is 15.8. The number of thioether (sulfide) groups is 1. The first kappa shape index (κ1) is 33.6. The summed E-state index contributed by atoms with van der Waals surface area (Å²) in [5, 5.41) is 13.5. The molecule has 0 aliphatic carbocycles. The average Bonchev–Trinajstić information content (AvgIpc) is 3.77. The van der Waals surface area contributed by atoms with E-state index in [1.165, 1.54) is 16.7 Å². The summed E-state index contributed by atoms with van der Waals surface area (Å²) in [7, 11) is 0. The summed E-state index contributed by atoms with van der Waals surface area (Å²) in [4.78, 5) is 51.0. The first-order chi connectivity index (χ1) is 22.3. The fourth-order valence-electron chi connectivity index (χ4n) is 7.49. The van der Waals surface area contributed by atoms with Gasteiger partial charge in [-0.2, -0.15) is 0 Å². The molecule has 2 N–H and O–H groups in total. The molecule has 0 spiro atoms. The normalized spacial score (nSPS) is 28.7. The zero-order chi connectivity index (χ0) is 33.8. The quantitative estimate of drug-likeness (QED) is 0.334. The molecular formula is C34H38Cl2FN5O4S. The van der Waals surface area contributed by atoms with Crippen LogP contribution in [0.4, 0.5) is 9.18 Å². The van der Waals surface area contributed by atoms with E-state index >= 15 is 0 Å². The fraction of sp³-hybridized carbons (Fsp3) is 0.471. The molecule has 0 radical (unpaired) electrons. The number of carbonyl (C=O) groups is 3. The number of nitrogens with one attached hydrogen (secondary N) is 1. The number of amidine groups is 1. The number of likely N-dealkylation sites (tertiary alicyclic amines) is 2. The Morgan fingerprint density at radius 2 is 1.70 bits per heavy atom. The maximum absolute atomic E-state index is 14.6. The van der Waals surface area contributed by atoms with Gasteiger partial charge in [0.05, 0.1) is 18.8 Å². The second kappa shape index (κ2) is 13.0. The van der Waals surface area contributed by atoms with Gasteiger partial charge in [-0.05, 0) is 79.8 Å². The number of carbonyl (C=O) groups excluding carboxylic acids is 2. The molecule has 250 valence electrons. The Hall–Kier alpha value is -3.28. The molecule has 0 unspecified atom stereocenters. The number of benzene rings is 2. The van der Waals surface area contributed by atoms with E-state index in [0.29, 0.717) is 33.0 Å². The highest BCUT2D eigenvalue weighted by atomic mass is 35.5. The lowest BCUT2D eigenvalue weighted by molar-refractivity contribution is -0.142. The highest BCUT2D eigenvalue weighted by Gasteiger charge is 2.54. The van der Waals surface area contributed by atoms with Gasteiger partial charge >= 0.3 is 6.09 Å². The molecule has 6 rings (SSSR count). The van der Waals surface area contributed by atoms with Gasteiger partial charge in [-0.25, -0.2) is 9.79 Å². The molecule has 4 aliphatic rings. The molecule has 2 aromatic carbocycles. The van der Waals surface area contributed by atoms with Gasteiger partial charge in [0.1, 0.15) is 16.5 Å². The average molecular weight is 703 g/mol. The van der Waals surface area contributed by atoms with Crippen LogP contribution in [0.3, 0.4) is 0 Å². The Labute approximate surface area is 288 Å². The molecule has 6 atom stereocenters. The molecule has 0 saturated carbocycles. The smallest absolute Gasteiger partial charge is 0.404 e. The van der Waals surface area contributed by atoms with E-state index < -0.39 is 36.3 Å². The third-order valence-electron chi connectivity index (χ3n) is 9.81. The summed E-state index contributed by atoms with van der Waals surface area (Å²) >= 11 is 13.9. The SMILES string of the molecule is CC(C)C1=C(C(=O)N2[C@H](C)CC[C@@H]2C(=O)N2C[C@@H](CF)[C@@H](NC(=O)O)C2)SC2=N[C@@](C)(c3ccc(Cl)cc3)[C@@H](c3ccc(Cl)cc3)N21. The second-order valence-corrected chi connectivity index (χ2v) is 15.1. The van der Waals surface area contributed by atoms with Gasteiger partial charge < -0.3 is 25.1 Å². The zero-order valence-electron chi connectivity index (χ0n) is 26.6. The lowest BCUT2D eigenvalue weighted by atomic mass is 9.81. The van der Waals surface area contributed by atoms with Crippen molar-refractivity contribution in [3.8, 4) is 0 Å². The van der Waals surface area contributed by atoms with Gasteiger partial charge in [0.2, 0.25) is 5.91 Å². The third kappa shape index (κ3) is 5.99. The lowest BCUT2D eigenvalue weighted by Crippen LogP contribution is -2.50. The van der Waals surface area contributed by atoms with E-state index in [0.717, 1.165) is 16.8 Å². The van der Waals surface area contributed by atoms with Crippen LogP contribution in [0.2, 0.25) is 10.0 Å². The summed E-state index contributed by atoms with van der Waals surface area (Å²) in [6.07, 6.45) is -0.143. The van der Waals surface area contributed by atoms with Crippen LogP contribution in [0.5, 0.6) is 0 Å². The van der Waals surface area contributed by atoms with Crippen molar-refractivity contribution in [2.75, 3.05) is 19.8 Å². The Morgan fingerprint density at radius 1 is 1.06 bits per heavy atom. The Kier molecular flexibility index (Phi) is 9.28. The fourth-order valence-corrected chi connectivity index (χ4v) is 9.09. The van der Waals surface area contributed by atoms with Crippen molar-refractivity contribution in [1.82, 2.24) is 20.0 Å². The molecule has 9 nitrogen and oxygen atoms in total. The lowest BCUT2D eigenvalue weighted by Gasteiger charge is -2.37. The Balaban J connectivity index is 1.35. The molecular weight excluding hydrogens is 664 g/mol. The number of rotatable bonds is 7. The van der Waals surface area contributed by atoms with Crippen LogP contribution in [0.25, 0.3) is 0 Å². The molecule has 0 bridgehead atoms. The number of carboxylic acid groups (broad SMARTS) is 1. The summed E-state index contributed by atoms with van der Waals surface area (Å²) in [6.45, 7) is 7.55. The number of hydrogen-bond acceptors (Lipinski definition) is 6. The molecule has 0 aromatic heterocycles. The van der Waals surface area contributed by atoms with Crippen molar-refractivity contribution in [2.24, 2.45) is 16.8 Å². The number of hydrogen-bond donors (Lipinski definition) is 2. The van der Waals surface area contributed by atoms with Crippen molar-refractivity contribution in [2.45, 2.75) is 70.2 Å². The third-order valence-corrected chi connectivity index (χ3v) is 11.4. The molecule has 4 heterocycles. The molecule has 4 aliphatic heterocycles. The number of alkyl halides is 1. The number of amides is 3. The van der Waals surface area contributed by atoms with E-state index in [1.54, 1.807) is 4.90 Å². The molecule has 2 aromatic rings. The van der Waals surface area contributed by atoms with Crippen molar-refractivity contribution in [3.05, 3.63) is 80.3 Å². The number of halogens is 3. The minimum atomic E-state index is -1.26. The second-order valence-electron chi connectivity index (χ2n) is 13.2. The minimum absolute atomic E-state index is 0.0599. The van der Waals surface area contributed by atoms with Gasteiger partial charge in [-0.3, -0.25) is 14.0 Å². The molecule has 47 heavy (non-hydrogen) atoms. The summed E-state index contributed by atoms with van der Waals surface area (Å²) in [6, 6.07) is 13.5. The predicted molar refractivity (Wildman–Crippen MR) is 182 cm³/mol. The zero-order valence-corrected chi connectivity index (χ0v) is 28.9. The van der Waals surface area contributed by atoms with E-state index in [2.05, 4.69) is 31.0 Å². The van der Waals surface area contributed by atoms with E-state index in [-0.39, 0.29) is 42.9 Å². The Bertz CT molecular complexity index is 1640. The van der Waals surface area contributed by atoms with E-state index in [9.17, 15) is 23.9 Å². The molecule has 2 saturated heterocycles. The largest absolute Gasteiger partial charge is 0.465 e. The van der Waals surface area contributed by atoms with Crippen LogP contribution >= 0.6 is 35.0 Å². The number of aliphatic imine (C=N–C) groups is 1. The van der Waals surface area contributed by atoms with Crippen LogP contribution in [0, 0.1) is 11.8 Å². The molecule has 2 fully saturated rings. The van der Waals surface area contributed by atoms with Gasteiger partial charge in [0, 0.05) is 40.8 Å². The van der Waals surface area contributed by atoms with Crippen LogP contribution in [0.1, 0.15) is 57.7 Å². The van der Waals surface area contributed by atoms with Gasteiger partial charge in [0.15, 0.2) is 5.17 Å². The monoisotopic (exact) mass is 701 g/mol. The van der Waals surface area contributed by atoms with Gasteiger partial charge in [-0.15, -0.1) is 0 Å². The summed E-state index contributed by atoms with van der Waals surface area (Å²) in [5.41, 5.74) is 2.10. The van der Waals surface area contributed by atoms with Gasteiger partial charge in [-0.1, -0.05) is 61.3 Å². The highest BCUT2D eigenvalue weighted by molar-refractivity contribution is 8.18. The van der Waals surface area contributed by atoms with Crippen LogP contribution in [-0.4, -0.2) is 80.8 Å².